The SMILES string of the molecule is CC(C)N(CCc1c[nH]c2cccc(OC(=O)Oc3cccc4[nH]cc(CCN(C(C)C)C(C)C)c34)c12)C(C)C. The molecule has 216 valence electrons. The van der Waals surface area contributed by atoms with Crippen LogP contribution in [0.25, 0.3) is 21.8 Å². The first-order valence-corrected chi connectivity index (χ1v) is 14.7. The Bertz CT molecular complexity index is 1290. The fourth-order valence-corrected chi connectivity index (χ4v) is 5.93. The van der Waals surface area contributed by atoms with Crippen LogP contribution < -0.4 is 9.47 Å². The molecule has 0 atom stereocenters. The molecule has 0 fully saturated rings. The lowest BCUT2D eigenvalue weighted by atomic mass is 10.1. The van der Waals surface area contributed by atoms with Crippen LogP contribution in [-0.4, -0.2) is 63.2 Å². The Labute approximate surface area is 238 Å². The van der Waals surface area contributed by atoms with Gasteiger partial charge in [0.2, 0.25) is 0 Å². The molecule has 0 radical (unpaired) electrons. The third-order valence-corrected chi connectivity index (χ3v) is 7.82. The van der Waals surface area contributed by atoms with E-state index in [-0.39, 0.29) is 0 Å². The Kier molecular flexibility index (Phi) is 9.59. The summed E-state index contributed by atoms with van der Waals surface area (Å²) in [7, 11) is 0. The molecule has 40 heavy (non-hydrogen) atoms. The Balaban J connectivity index is 1.53. The van der Waals surface area contributed by atoms with Crippen LogP contribution >= 0.6 is 0 Å². The lowest BCUT2D eigenvalue weighted by Gasteiger charge is -2.30. The fraction of sp³-hybridized carbons (Fsp3) is 0.485. The van der Waals surface area contributed by atoms with Gasteiger partial charge >= 0.3 is 6.16 Å². The number of H-pyrrole nitrogens is 2. The monoisotopic (exact) mass is 546 g/mol. The molecule has 2 aromatic heterocycles. The molecular formula is C33H46N4O3. The molecule has 4 aromatic rings. The van der Waals surface area contributed by atoms with Crippen LogP contribution in [0.5, 0.6) is 11.5 Å². The van der Waals surface area contributed by atoms with Crippen molar-refractivity contribution in [3.05, 3.63) is 59.9 Å². The molecule has 0 bridgehead atoms. The summed E-state index contributed by atoms with van der Waals surface area (Å²) in [5.41, 5.74) is 4.13. The molecule has 2 N–H and O–H groups in total. The van der Waals surface area contributed by atoms with Crippen molar-refractivity contribution in [3.63, 3.8) is 0 Å². The molecule has 0 spiro atoms. The molecule has 0 amide bonds. The van der Waals surface area contributed by atoms with E-state index in [1.54, 1.807) is 0 Å². The Morgan fingerprint density at radius 1 is 0.650 bits per heavy atom. The molecule has 0 saturated carbocycles. The molecule has 4 rings (SSSR count). The van der Waals surface area contributed by atoms with E-state index in [9.17, 15) is 4.79 Å². The van der Waals surface area contributed by atoms with Gasteiger partial charge < -0.3 is 19.4 Å². The van der Waals surface area contributed by atoms with Gasteiger partial charge in [0, 0.05) is 71.5 Å². The number of nitrogens with one attached hydrogen (secondary N) is 2. The summed E-state index contributed by atoms with van der Waals surface area (Å²) in [6.45, 7) is 19.6. The third kappa shape index (κ3) is 6.70. The molecule has 0 unspecified atom stereocenters. The van der Waals surface area contributed by atoms with Crippen LogP contribution in [0, 0.1) is 0 Å². The molecule has 7 nitrogen and oxygen atoms in total. The lowest BCUT2D eigenvalue weighted by Crippen LogP contribution is -2.38. The summed E-state index contributed by atoms with van der Waals surface area (Å²) < 4.78 is 11.7. The topological polar surface area (TPSA) is 73.6 Å². The average molecular weight is 547 g/mol. The van der Waals surface area contributed by atoms with Gasteiger partial charge in [-0.1, -0.05) is 12.1 Å². The number of aromatic nitrogens is 2. The van der Waals surface area contributed by atoms with E-state index in [0.29, 0.717) is 35.7 Å². The minimum Gasteiger partial charge on any atom is -0.394 e. The summed E-state index contributed by atoms with van der Waals surface area (Å²) in [6.07, 6.45) is 5.00. The van der Waals surface area contributed by atoms with Gasteiger partial charge in [0.1, 0.15) is 11.5 Å². The predicted octanol–water partition coefficient (Wildman–Crippen LogP) is 7.55. The van der Waals surface area contributed by atoms with Crippen molar-refractivity contribution in [2.24, 2.45) is 0 Å². The normalized spacial score (nSPS) is 12.3. The van der Waals surface area contributed by atoms with Gasteiger partial charge in [0.25, 0.3) is 0 Å². The van der Waals surface area contributed by atoms with Crippen molar-refractivity contribution >= 4 is 28.0 Å². The highest BCUT2D eigenvalue weighted by molar-refractivity contribution is 5.93. The number of hydrogen-bond acceptors (Lipinski definition) is 5. The zero-order chi connectivity index (χ0) is 29.0. The number of fused-ring (bicyclic) bond motifs is 2. The second-order valence-electron chi connectivity index (χ2n) is 11.8. The van der Waals surface area contributed by atoms with Crippen LogP contribution in [0.2, 0.25) is 0 Å². The first-order valence-electron chi connectivity index (χ1n) is 14.7. The Morgan fingerprint density at radius 3 is 1.38 bits per heavy atom. The number of benzene rings is 2. The maximum absolute atomic E-state index is 13.1. The van der Waals surface area contributed by atoms with E-state index in [4.69, 9.17) is 9.47 Å². The molecule has 7 heteroatoms. The highest BCUT2D eigenvalue weighted by atomic mass is 16.7. The summed E-state index contributed by atoms with van der Waals surface area (Å²) in [6, 6.07) is 13.3. The maximum atomic E-state index is 13.1. The number of ether oxygens (including phenoxy) is 2. The van der Waals surface area contributed by atoms with Gasteiger partial charge in [-0.25, -0.2) is 4.79 Å². The highest BCUT2D eigenvalue weighted by Gasteiger charge is 2.20. The molecular weight excluding hydrogens is 500 g/mol. The van der Waals surface area contributed by atoms with Crippen molar-refractivity contribution in [3.8, 4) is 11.5 Å². The van der Waals surface area contributed by atoms with Crippen LogP contribution in [0.1, 0.15) is 66.5 Å². The summed E-state index contributed by atoms with van der Waals surface area (Å²) in [5, 5.41) is 1.85. The highest BCUT2D eigenvalue weighted by Crippen LogP contribution is 2.32. The molecule has 2 heterocycles. The van der Waals surface area contributed by atoms with E-state index >= 15 is 0 Å². The van der Waals surface area contributed by atoms with Gasteiger partial charge in [-0.15, -0.1) is 0 Å². The van der Waals surface area contributed by atoms with Crippen molar-refractivity contribution < 1.29 is 14.3 Å². The van der Waals surface area contributed by atoms with Crippen LogP contribution in [0.3, 0.4) is 0 Å². The fourth-order valence-electron chi connectivity index (χ4n) is 5.93. The molecule has 0 aliphatic rings. The van der Waals surface area contributed by atoms with Crippen LogP contribution in [-0.2, 0) is 12.8 Å². The average Bonchev–Trinajstić information content (AvgIpc) is 3.49. The minimum absolute atomic E-state index is 0.454. The number of hydrogen-bond donors (Lipinski definition) is 2. The predicted molar refractivity (Wildman–Crippen MR) is 165 cm³/mol. The summed E-state index contributed by atoms with van der Waals surface area (Å²) in [4.78, 5) is 24.8. The second-order valence-corrected chi connectivity index (χ2v) is 11.8. The smallest absolute Gasteiger partial charge is 0.394 e. The lowest BCUT2D eigenvalue weighted by molar-refractivity contribution is 0.153. The quantitative estimate of drug-likeness (QED) is 0.142. The van der Waals surface area contributed by atoms with E-state index in [0.717, 1.165) is 58.9 Å². The first kappa shape index (κ1) is 29.7. The molecule has 0 aliphatic heterocycles. The number of aromatic amines is 2. The van der Waals surface area contributed by atoms with Crippen molar-refractivity contribution in [2.45, 2.75) is 92.4 Å². The van der Waals surface area contributed by atoms with Crippen LogP contribution in [0.15, 0.2) is 48.8 Å². The number of carbonyl (C=O) groups is 1. The van der Waals surface area contributed by atoms with E-state index in [2.05, 4.69) is 75.2 Å². The second kappa shape index (κ2) is 12.9. The van der Waals surface area contributed by atoms with Crippen LogP contribution in [0.4, 0.5) is 4.79 Å². The number of rotatable bonds is 12. The number of nitrogens with zero attached hydrogens (tertiary/aromatic N) is 2. The molecule has 0 saturated heterocycles. The molecule has 2 aromatic carbocycles. The summed E-state index contributed by atoms with van der Waals surface area (Å²) in [5.74, 6) is 1.01. The van der Waals surface area contributed by atoms with Crippen molar-refractivity contribution in [1.29, 1.82) is 0 Å². The van der Waals surface area contributed by atoms with Gasteiger partial charge in [-0.2, -0.15) is 0 Å². The Morgan fingerprint density at radius 2 is 1.02 bits per heavy atom. The van der Waals surface area contributed by atoms with E-state index < -0.39 is 6.16 Å². The maximum Gasteiger partial charge on any atom is 0.519 e. The van der Waals surface area contributed by atoms with E-state index in [1.165, 1.54) is 0 Å². The Hall–Kier alpha value is -3.29. The van der Waals surface area contributed by atoms with Gasteiger partial charge in [-0.05, 0) is 104 Å². The standard InChI is InChI=1S/C33H46N4O3/c1-21(2)36(22(3)4)17-15-25-19-34-27-11-9-13-29(31(25)27)39-33(38)40-30-14-10-12-28-32(30)26(20-35-28)16-18-37(23(5)6)24(7)8/h9-14,19-24,34-35H,15-18H2,1-8H3. The van der Waals surface area contributed by atoms with Crippen molar-refractivity contribution in [2.75, 3.05) is 13.1 Å². The van der Waals surface area contributed by atoms with E-state index in [1.807, 2.05) is 48.8 Å². The zero-order valence-electron chi connectivity index (χ0n) is 25.4. The van der Waals surface area contributed by atoms with Gasteiger partial charge in [0.15, 0.2) is 0 Å². The zero-order valence-corrected chi connectivity index (χ0v) is 25.4. The molecule has 0 aliphatic carbocycles. The largest absolute Gasteiger partial charge is 0.519 e. The summed E-state index contributed by atoms with van der Waals surface area (Å²) >= 11 is 0. The first-order chi connectivity index (χ1) is 19.1. The number of carbonyl (C=O) groups excluding carboxylic acids is 1. The van der Waals surface area contributed by atoms with Gasteiger partial charge in [0.05, 0.1) is 0 Å². The third-order valence-electron chi connectivity index (χ3n) is 7.82. The van der Waals surface area contributed by atoms with Crippen molar-refractivity contribution in [1.82, 2.24) is 19.8 Å². The minimum atomic E-state index is -0.740. The van der Waals surface area contributed by atoms with Gasteiger partial charge in [-0.3, -0.25) is 9.80 Å².